The van der Waals surface area contributed by atoms with Crippen molar-refractivity contribution in [3.63, 3.8) is 0 Å². The summed E-state index contributed by atoms with van der Waals surface area (Å²) in [7, 11) is 2.97. The van der Waals surface area contributed by atoms with Crippen molar-refractivity contribution < 1.29 is 19.8 Å². The third-order valence-electron chi connectivity index (χ3n) is 7.47. The number of carbonyl (C=O) groups excluding carboxylic acids is 1. The van der Waals surface area contributed by atoms with E-state index < -0.39 is 11.0 Å². The van der Waals surface area contributed by atoms with E-state index >= 15 is 0 Å². The molecule has 2 saturated carbocycles. The molecule has 0 unspecified atom stereocenters. The van der Waals surface area contributed by atoms with Gasteiger partial charge in [0.05, 0.1) is 19.0 Å². The summed E-state index contributed by atoms with van der Waals surface area (Å²) in [5.74, 6) is 0.403. The molecule has 0 aromatic rings. The number of hydrogen-bond donors (Lipinski definition) is 2. The van der Waals surface area contributed by atoms with Gasteiger partial charge in [-0.3, -0.25) is 9.63 Å². The summed E-state index contributed by atoms with van der Waals surface area (Å²) in [6.45, 7) is 8.73. The molecule has 1 amide bonds. The van der Waals surface area contributed by atoms with Crippen molar-refractivity contribution in [2.75, 3.05) is 19.9 Å². The lowest BCUT2D eigenvalue weighted by atomic mass is 9.64. The average molecular weight is 448 g/mol. The Balaban J connectivity index is 1.76. The van der Waals surface area contributed by atoms with Gasteiger partial charge in [-0.25, -0.2) is 5.06 Å². The molecule has 0 aromatic heterocycles. The second kappa shape index (κ2) is 9.65. The number of rotatable bonds is 6. The summed E-state index contributed by atoms with van der Waals surface area (Å²) >= 11 is 1.15. The minimum absolute atomic E-state index is 0.0836. The van der Waals surface area contributed by atoms with Crippen LogP contribution >= 0.6 is 11.8 Å². The van der Waals surface area contributed by atoms with E-state index in [9.17, 15) is 15.0 Å². The van der Waals surface area contributed by atoms with Crippen molar-refractivity contribution in [3.05, 3.63) is 47.1 Å². The van der Waals surface area contributed by atoms with Crippen LogP contribution < -0.4 is 0 Å². The van der Waals surface area contributed by atoms with Crippen molar-refractivity contribution in [2.45, 2.75) is 69.8 Å². The monoisotopic (exact) mass is 447 g/mol. The van der Waals surface area contributed by atoms with Gasteiger partial charge in [0.1, 0.15) is 4.93 Å². The standard InChI is InChI=1S/C25H37NO4S/c1-6-20-11-12-21-18(8-7-13-24(20,21)3)9-10-19-14-25(29,15-22(27)17(19)2)31-16-23(28)26(4)30-5/h9-11,21-22,27,29H,2,6-8,12-16H2,1,3-5H3/t21-,22-,24+,25-/m0/s1. The number of allylic oxidation sites excluding steroid dienone is 5. The number of amides is 1. The number of fused-ring (bicyclic) bond motifs is 1. The Morgan fingerprint density at radius 3 is 2.87 bits per heavy atom. The number of hydrogen-bond acceptors (Lipinski definition) is 5. The lowest BCUT2D eigenvalue weighted by molar-refractivity contribution is -0.165. The molecule has 6 heteroatoms. The van der Waals surface area contributed by atoms with Crippen molar-refractivity contribution in [1.29, 1.82) is 0 Å². The van der Waals surface area contributed by atoms with Gasteiger partial charge < -0.3 is 10.2 Å². The van der Waals surface area contributed by atoms with E-state index in [4.69, 9.17) is 4.84 Å². The first-order valence-corrected chi connectivity index (χ1v) is 12.3. The molecular formula is C25H37NO4S. The second-order valence-electron chi connectivity index (χ2n) is 9.31. The predicted octanol–water partition coefficient (Wildman–Crippen LogP) is 4.54. The lowest BCUT2D eigenvalue weighted by Crippen LogP contribution is -2.38. The van der Waals surface area contributed by atoms with Gasteiger partial charge in [-0.05, 0) is 54.6 Å². The van der Waals surface area contributed by atoms with E-state index in [0.29, 0.717) is 17.9 Å². The second-order valence-corrected chi connectivity index (χ2v) is 10.6. The molecule has 172 valence electrons. The highest BCUT2D eigenvalue weighted by Crippen LogP contribution is 2.55. The smallest absolute Gasteiger partial charge is 0.255 e. The molecule has 3 aliphatic carbocycles. The van der Waals surface area contributed by atoms with Crippen LogP contribution in [0.4, 0.5) is 0 Å². The number of thioether (sulfide) groups is 1. The lowest BCUT2D eigenvalue weighted by Gasteiger charge is -2.41. The Bertz CT molecular complexity index is 816. The van der Waals surface area contributed by atoms with Crippen molar-refractivity contribution in [3.8, 4) is 0 Å². The number of hydroxylamine groups is 2. The molecule has 0 spiro atoms. The molecule has 2 N–H and O–H groups in total. The maximum Gasteiger partial charge on any atom is 0.255 e. The molecule has 0 aromatic carbocycles. The predicted molar refractivity (Wildman–Crippen MR) is 126 cm³/mol. The van der Waals surface area contributed by atoms with Crippen LogP contribution in [0.1, 0.15) is 58.8 Å². The maximum atomic E-state index is 12.1. The normalized spacial score (nSPS) is 35.9. The van der Waals surface area contributed by atoms with Gasteiger partial charge in [0.25, 0.3) is 5.91 Å². The molecule has 2 fully saturated rings. The number of aliphatic hydroxyl groups excluding tert-OH is 1. The number of nitrogens with zero attached hydrogens (tertiary/aromatic N) is 1. The summed E-state index contributed by atoms with van der Waals surface area (Å²) in [4.78, 5) is 15.8. The molecule has 0 radical (unpaired) electrons. The van der Waals surface area contributed by atoms with Crippen LogP contribution in [-0.2, 0) is 9.63 Å². The van der Waals surface area contributed by atoms with Crippen LogP contribution in [0.5, 0.6) is 0 Å². The Labute approximate surface area is 190 Å². The summed E-state index contributed by atoms with van der Waals surface area (Å²) in [5, 5.41) is 22.8. The van der Waals surface area contributed by atoms with Gasteiger partial charge in [0.2, 0.25) is 0 Å². The largest absolute Gasteiger partial charge is 0.388 e. The third kappa shape index (κ3) is 5.03. The Kier molecular flexibility index (Phi) is 7.57. The Morgan fingerprint density at radius 1 is 1.45 bits per heavy atom. The van der Waals surface area contributed by atoms with E-state index in [0.717, 1.165) is 41.7 Å². The molecule has 5 nitrogen and oxygen atoms in total. The van der Waals surface area contributed by atoms with Crippen LogP contribution in [0.3, 0.4) is 0 Å². The van der Waals surface area contributed by atoms with E-state index in [1.54, 1.807) is 12.6 Å². The SMILES string of the molecule is C=C1C(=CC=C2CCC[C@]3(C)C(CC)=CC[C@@H]23)C[C@](O)(SCC(=O)N(C)OC)C[C@@H]1O. The fourth-order valence-corrected chi connectivity index (χ4v) is 6.56. The van der Waals surface area contributed by atoms with Gasteiger partial charge in [-0.2, -0.15) is 0 Å². The van der Waals surface area contributed by atoms with Gasteiger partial charge in [0.15, 0.2) is 0 Å². The minimum Gasteiger partial charge on any atom is -0.388 e. The van der Waals surface area contributed by atoms with Crippen LogP contribution in [0.15, 0.2) is 47.1 Å². The Morgan fingerprint density at radius 2 is 2.19 bits per heavy atom. The minimum atomic E-state index is -1.21. The van der Waals surface area contributed by atoms with Gasteiger partial charge in [-0.15, -0.1) is 11.8 Å². The summed E-state index contributed by atoms with van der Waals surface area (Å²) in [6, 6.07) is 0. The zero-order valence-electron chi connectivity index (χ0n) is 19.3. The van der Waals surface area contributed by atoms with E-state index in [-0.39, 0.29) is 23.5 Å². The first-order chi connectivity index (χ1) is 14.6. The first kappa shape index (κ1) is 24.3. The van der Waals surface area contributed by atoms with Crippen LogP contribution in [0.25, 0.3) is 0 Å². The van der Waals surface area contributed by atoms with Gasteiger partial charge in [-0.1, -0.05) is 49.8 Å². The molecule has 0 bridgehead atoms. The highest BCUT2D eigenvalue weighted by atomic mass is 32.2. The number of carbonyl (C=O) groups is 1. The van der Waals surface area contributed by atoms with E-state index in [1.807, 2.05) is 6.08 Å². The van der Waals surface area contributed by atoms with Crippen LogP contribution in [-0.4, -0.2) is 52.1 Å². The molecular weight excluding hydrogens is 410 g/mol. The maximum absolute atomic E-state index is 12.1. The molecule has 0 heterocycles. The van der Waals surface area contributed by atoms with Crippen molar-refractivity contribution in [1.82, 2.24) is 5.06 Å². The fraction of sp³-hybridized carbons (Fsp3) is 0.640. The summed E-state index contributed by atoms with van der Waals surface area (Å²) < 4.78 is 0. The average Bonchev–Trinajstić information content (AvgIpc) is 3.09. The van der Waals surface area contributed by atoms with Crippen molar-refractivity contribution in [2.24, 2.45) is 11.3 Å². The van der Waals surface area contributed by atoms with Crippen LogP contribution in [0.2, 0.25) is 0 Å². The first-order valence-electron chi connectivity index (χ1n) is 11.3. The third-order valence-corrected chi connectivity index (χ3v) is 8.71. The molecule has 31 heavy (non-hydrogen) atoms. The summed E-state index contributed by atoms with van der Waals surface area (Å²) in [6.07, 6.45) is 12.2. The molecule has 0 aliphatic heterocycles. The zero-order valence-corrected chi connectivity index (χ0v) is 20.1. The quantitative estimate of drug-likeness (QED) is 0.355. The van der Waals surface area contributed by atoms with Gasteiger partial charge >= 0.3 is 0 Å². The fourth-order valence-electron chi connectivity index (χ4n) is 5.45. The summed E-state index contributed by atoms with van der Waals surface area (Å²) in [5.41, 5.74) is 4.85. The highest BCUT2D eigenvalue weighted by Gasteiger charge is 2.44. The molecule has 3 aliphatic rings. The van der Waals surface area contributed by atoms with Crippen molar-refractivity contribution >= 4 is 17.7 Å². The molecule has 4 atom stereocenters. The van der Waals surface area contributed by atoms with Crippen LogP contribution in [0, 0.1) is 11.3 Å². The van der Waals surface area contributed by atoms with E-state index in [2.05, 4.69) is 32.6 Å². The molecule has 0 saturated heterocycles. The van der Waals surface area contributed by atoms with Gasteiger partial charge in [0, 0.05) is 19.9 Å². The zero-order chi connectivity index (χ0) is 22.8. The van der Waals surface area contributed by atoms with E-state index in [1.165, 1.54) is 25.5 Å². The molecule has 3 rings (SSSR count). The number of aliphatic hydroxyl groups is 2. The topological polar surface area (TPSA) is 70.0 Å². The Hall–Kier alpha value is -1.34. The highest BCUT2D eigenvalue weighted by molar-refractivity contribution is 8.01.